The zero-order valence-corrected chi connectivity index (χ0v) is 16.9. The van der Waals surface area contributed by atoms with Crippen molar-refractivity contribution in [2.24, 2.45) is 0 Å². The standard InChI is InChI=1S/C22H20ClF3N2O/c1-13-12-17(21(29)27-14(2)16-8-4-6-10-19(16)23)15(3)28(13)20-11-7-5-9-18(20)22(24,25)26/h4-12,14H,1-3H3,(H,27,29). The van der Waals surface area contributed by atoms with Crippen LogP contribution in [0, 0.1) is 13.8 Å². The van der Waals surface area contributed by atoms with E-state index in [-0.39, 0.29) is 17.6 Å². The SMILES string of the molecule is Cc1cc(C(=O)NC(C)c2ccccc2Cl)c(C)n1-c1ccccc1C(F)(F)F. The first kappa shape index (κ1) is 21.0. The number of nitrogens with one attached hydrogen (secondary N) is 1. The van der Waals surface area contributed by atoms with Gasteiger partial charge < -0.3 is 9.88 Å². The van der Waals surface area contributed by atoms with Crippen molar-refractivity contribution in [3.8, 4) is 5.69 Å². The first-order valence-corrected chi connectivity index (χ1v) is 9.40. The monoisotopic (exact) mass is 420 g/mol. The molecule has 0 aliphatic carbocycles. The van der Waals surface area contributed by atoms with Crippen molar-refractivity contribution in [2.75, 3.05) is 0 Å². The highest BCUT2D eigenvalue weighted by atomic mass is 35.5. The molecule has 1 heterocycles. The van der Waals surface area contributed by atoms with E-state index in [2.05, 4.69) is 5.32 Å². The molecule has 0 saturated carbocycles. The highest BCUT2D eigenvalue weighted by molar-refractivity contribution is 6.31. The molecule has 0 radical (unpaired) electrons. The maximum absolute atomic E-state index is 13.5. The van der Waals surface area contributed by atoms with Crippen LogP contribution in [-0.2, 0) is 6.18 Å². The second-order valence-corrected chi connectivity index (χ2v) is 7.26. The Morgan fingerprint density at radius 1 is 1.07 bits per heavy atom. The largest absolute Gasteiger partial charge is 0.418 e. The molecular formula is C22H20ClF3N2O. The number of aromatic nitrogens is 1. The Morgan fingerprint density at radius 2 is 1.69 bits per heavy atom. The molecule has 0 bridgehead atoms. The van der Waals surface area contributed by atoms with Crippen molar-refractivity contribution in [3.63, 3.8) is 0 Å². The quantitative estimate of drug-likeness (QED) is 0.531. The molecule has 2 aromatic carbocycles. The fourth-order valence-electron chi connectivity index (χ4n) is 3.45. The van der Waals surface area contributed by atoms with Gasteiger partial charge in [-0.2, -0.15) is 13.2 Å². The second-order valence-electron chi connectivity index (χ2n) is 6.85. The van der Waals surface area contributed by atoms with Gasteiger partial charge in [-0.15, -0.1) is 0 Å². The molecule has 3 nitrogen and oxygen atoms in total. The maximum atomic E-state index is 13.5. The zero-order valence-electron chi connectivity index (χ0n) is 16.1. The zero-order chi connectivity index (χ0) is 21.3. The number of alkyl halides is 3. The third kappa shape index (κ3) is 4.17. The Kier molecular flexibility index (Phi) is 5.75. The van der Waals surface area contributed by atoms with Gasteiger partial charge in [-0.05, 0) is 50.6 Å². The third-order valence-corrected chi connectivity index (χ3v) is 5.19. The number of aryl methyl sites for hydroxylation is 1. The molecule has 0 spiro atoms. The number of carbonyl (C=O) groups excluding carboxylic acids is 1. The summed E-state index contributed by atoms with van der Waals surface area (Å²) in [5, 5.41) is 3.40. The summed E-state index contributed by atoms with van der Waals surface area (Å²) in [7, 11) is 0. The molecule has 29 heavy (non-hydrogen) atoms. The van der Waals surface area contributed by atoms with Gasteiger partial charge in [0, 0.05) is 16.4 Å². The minimum Gasteiger partial charge on any atom is -0.345 e. The number of hydrogen-bond acceptors (Lipinski definition) is 1. The van der Waals surface area contributed by atoms with E-state index < -0.39 is 11.7 Å². The summed E-state index contributed by atoms with van der Waals surface area (Å²) in [6.45, 7) is 5.11. The number of amides is 1. The summed E-state index contributed by atoms with van der Waals surface area (Å²) in [5.41, 5.74) is 1.29. The molecule has 0 saturated heterocycles. The average Bonchev–Trinajstić information content (AvgIpc) is 2.95. The van der Waals surface area contributed by atoms with Gasteiger partial charge in [0.2, 0.25) is 0 Å². The van der Waals surface area contributed by atoms with Crippen LogP contribution in [-0.4, -0.2) is 10.5 Å². The smallest absolute Gasteiger partial charge is 0.345 e. The number of carbonyl (C=O) groups is 1. The predicted octanol–water partition coefficient (Wildman–Crippen LogP) is 6.26. The Labute approximate surface area is 172 Å². The van der Waals surface area contributed by atoms with Crippen molar-refractivity contribution in [1.82, 2.24) is 9.88 Å². The molecule has 0 aliphatic heterocycles. The molecule has 3 rings (SSSR count). The minimum absolute atomic E-state index is 0.00629. The molecule has 7 heteroatoms. The molecular weight excluding hydrogens is 401 g/mol. The summed E-state index contributed by atoms with van der Waals surface area (Å²) in [5.74, 6) is -0.374. The minimum atomic E-state index is -4.50. The van der Waals surface area contributed by atoms with E-state index in [4.69, 9.17) is 11.6 Å². The van der Waals surface area contributed by atoms with E-state index >= 15 is 0 Å². The van der Waals surface area contributed by atoms with Gasteiger partial charge in [0.1, 0.15) is 0 Å². The average molecular weight is 421 g/mol. The number of para-hydroxylation sites is 1. The van der Waals surface area contributed by atoms with Gasteiger partial charge in [-0.3, -0.25) is 4.79 Å². The lowest BCUT2D eigenvalue weighted by Crippen LogP contribution is -2.27. The van der Waals surface area contributed by atoms with Crippen LogP contribution in [0.25, 0.3) is 5.69 Å². The predicted molar refractivity (Wildman–Crippen MR) is 108 cm³/mol. The van der Waals surface area contributed by atoms with Crippen LogP contribution in [0.1, 0.15) is 45.8 Å². The van der Waals surface area contributed by atoms with E-state index in [1.54, 1.807) is 45.0 Å². The van der Waals surface area contributed by atoms with E-state index in [0.717, 1.165) is 11.6 Å². The van der Waals surface area contributed by atoms with E-state index in [1.165, 1.54) is 16.7 Å². The lowest BCUT2D eigenvalue weighted by Gasteiger charge is -2.17. The third-order valence-electron chi connectivity index (χ3n) is 4.85. The molecule has 1 amide bonds. The van der Waals surface area contributed by atoms with Crippen molar-refractivity contribution in [3.05, 3.63) is 87.7 Å². The van der Waals surface area contributed by atoms with Crippen LogP contribution in [0.4, 0.5) is 13.2 Å². The first-order valence-electron chi connectivity index (χ1n) is 9.02. The summed E-state index contributed by atoms with van der Waals surface area (Å²) < 4.78 is 41.8. The van der Waals surface area contributed by atoms with Gasteiger partial charge in [-0.1, -0.05) is 41.9 Å². The van der Waals surface area contributed by atoms with E-state index in [9.17, 15) is 18.0 Å². The number of benzene rings is 2. The van der Waals surface area contributed by atoms with Crippen LogP contribution < -0.4 is 5.32 Å². The van der Waals surface area contributed by atoms with Crippen LogP contribution in [0.15, 0.2) is 54.6 Å². The molecule has 3 aromatic rings. The molecule has 1 aromatic heterocycles. The van der Waals surface area contributed by atoms with Crippen molar-refractivity contribution < 1.29 is 18.0 Å². The molecule has 1 unspecified atom stereocenters. The number of nitrogens with zero attached hydrogens (tertiary/aromatic N) is 1. The fourth-order valence-corrected chi connectivity index (χ4v) is 3.75. The number of hydrogen-bond donors (Lipinski definition) is 1. The summed E-state index contributed by atoms with van der Waals surface area (Å²) in [4.78, 5) is 12.8. The maximum Gasteiger partial charge on any atom is 0.418 e. The van der Waals surface area contributed by atoms with E-state index in [0.29, 0.717) is 22.0 Å². The van der Waals surface area contributed by atoms with Gasteiger partial charge >= 0.3 is 6.18 Å². The van der Waals surface area contributed by atoms with Gasteiger partial charge in [0.25, 0.3) is 5.91 Å². The summed E-state index contributed by atoms with van der Waals surface area (Å²) in [6, 6.07) is 13.7. The molecule has 152 valence electrons. The summed E-state index contributed by atoms with van der Waals surface area (Å²) >= 11 is 6.19. The van der Waals surface area contributed by atoms with Crippen molar-refractivity contribution in [2.45, 2.75) is 33.0 Å². The van der Waals surface area contributed by atoms with Crippen LogP contribution >= 0.6 is 11.6 Å². The van der Waals surface area contributed by atoms with Crippen LogP contribution in [0.5, 0.6) is 0 Å². The normalized spacial score (nSPS) is 12.7. The molecule has 0 aliphatic rings. The van der Waals surface area contributed by atoms with Gasteiger partial charge in [0.15, 0.2) is 0 Å². The highest BCUT2D eigenvalue weighted by Gasteiger charge is 2.34. The van der Waals surface area contributed by atoms with Gasteiger partial charge in [0.05, 0.1) is 22.9 Å². The molecule has 1 N–H and O–H groups in total. The first-order chi connectivity index (χ1) is 13.6. The Morgan fingerprint density at radius 3 is 2.34 bits per heavy atom. The van der Waals surface area contributed by atoms with E-state index in [1.807, 2.05) is 12.1 Å². The lowest BCUT2D eigenvalue weighted by atomic mass is 10.1. The number of halogens is 4. The lowest BCUT2D eigenvalue weighted by molar-refractivity contribution is -0.137. The van der Waals surface area contributed by atoms with Gasteiger partial charge in [-0.25, -0.2) is 0 Å². The Bertz CT molecular complexity index is 1060. The highest BCUT2D eigenvalue weighted by Crippen LogP contribution is 2.35. The Hall–Kier alpha value is -2.73. The summed E-state index contributed by atoms with van der Waals surface area (Å²) in [6.07, 6.45) is -4.50. The van der Waals surface area contributed by atoms with Crippen LogP contribution in [0.2, 0.25) is 5.02 Å². The second kappa shape index (κ2) is 7.95. The molecule has 1 atom stereocenters. The Balaban J connectivity index is 1.97. The van der Waals surface area contributed by atoms with Crippen molar-refractivity contribution in [1.29, 1.82) is 0 Å². The topological polar surface area (TPSA) is 34.0 Å². The number of rotatable bonds is 4. The molecule has 0 fully saturated rings. The fraction of sp³-hybridized carbons (Fsp3) is 0.227. The van der Waals surface area contributed by atoms with Crippen molar-refractivity contribution >= 4 is 17.5 Å². The van der Waals surface area contributed by atoms with Crippen LogP contribution in [0.3, 0.4) is 0 Å².